The van der Waals surface area contributed by atoms with Crippen LogP contribution in [-0.4, -0.2) is 30.1 Å². The number of thiophene rings is 1. The van der Waals surface area contributed by atoms with Crippen molar-refractivity contribution >= 4 is 17.2 Å². The maximum absolute atomic E-state index is 12.4. The third kappa shape index (κ3) is 5.17. The van der Waals surface area contributed by atoms with E-state index in [0.717, 1.165) is 11.3 Å². The first-order chi connectivity index (χ1) is 8.87. The number of nitrogens with zero attached hydrogens (tertiary/aromatic N) is 1. The minimum absolute atomic E-state index is 0.0829. The number of hydrazine groups is 1. The van der Waals surface area contributed by atoms with Crippen molar-refractivity contribution in [2.45, 2.75) is 26.1 Å². The zero-order valence-electron chi connectivity index (χ0n) is 10.5. The Kier molecular flexibility index (Phi) is 5.77. The van der Waals surface area contributed by atoms with E-state index < -0.39 is 18.6 Å². The number of amides is 1. The van der Waals surface area contributed by atoms with Crippen LogP contribution in [0, 0.1) is 0 Å². The van der Waals surface area contributed by atoms with Crippen LogP contribution < -0.4 is 11.3 Å². The highest BCUT2D eigenvalue weighted by Crippen LogP contribution is 2.22. The van der Waals surface area contributed by atoms with Gasteiger partial charge in [-0.15, -0.1) is 11.3 Å². The molecule has 0 saturated carbocycles. The minimum Gasteiger partial charge on any atom is -0.291 e. The first-order valence-corrected chi connectivity index (χ1v) is 6.61. The topological polar surface area (TPSA) is 58.4 Å². The van der Waals surface area contributed by atoms with Gasteiger partial charge < -0.3 is 0 Å². The lowest BCUT2D eigenvalue weighted by Gasteiger charge is -2.23. The van der Waals surface area contributed by atoms with E-state index in [0.29, 0.717) is 23.4 Å². The van der Waals surface area contributed by atoms with Crippen LogP contribution in [0.4, 0.5) is 13.2 Å². The highest BCUT2D eigenvalue weighted by molar-refractivity contribution is 7.12. The lowest BCUT2D eigenvalue weighted by Crippen LogP contribution is -2.35. The molecular formula is C11H16F3N3OS. The van der Waals surface area contributed by atoms with E-state index in [9.17, 15) is 18.0 Å². The Morgan fingerprint density at radius 3 is 2.74 bits per heavy atom. The predicted molar refractivity (Wildman–Crippen MR) is 67.6 cm³/mol. The SMILES string of the molecule is CCCN(Cc1ccsc1C(=O)NN)CC(F)(F)F. The molecule has 0 atom stereocenters. The number of rotatable bonds is 6. The van der Waals surface area contributed by atoms with Gasteiger partial charge in [-0.05, 0) is 30.0 Å². The standard InChI is InChI=1S/C11H16F3N3OS/c1-2-4-17(7-11(12,13)14)6-8-3-5-19-9(8)10(18)16-15/h3,5H,2,4,6-7,15H2,1H3,(H,16,18). The summed E-state index contributed by atoms with van der Waals surface area (Å²) in [5.74, 6) is 4.56. The van der Waals surface area contributed by atoms with Crippen molar-refractivity contribution in [1.29, 1.82) is 0 Å². The third-order valence-electron chi connectivity index (χ3n) is 2.42. The summed E-state index contributed by atoms with van der Waals surface area (Å²) in [6.07, 6.45) is -3.64. The van der Waals surface area contributed by atoms with Gasteiger partial charge in [0, 0.05) is 6.54 Å². The van der Waals surface area contributed by atoms with Crippen molar-refractivity contribution in [3.8, 4) is 0 Å². The monoisotopic (exact) mass is 295 g/mol. The van der Waals surface area contributed by atoms with Crippen molar-refractivity contribution < 1.29 is 18.0 Å². The molecule has 0 aromatic carbocycles. The first-order valence-electron chi connectivity index (χ1n) is 5.73. The van der Waals surface area contributed by atoms with Crippen molar-refractivity contribution in [3.63, 3.8) is 0 Å². The molecule has 1 aromatic heterocycles. The third-order valence-corrected chi connectivity index (χ3v) is 3.38. The van der Waals surface area contributed by atoms with Gasteiger partial charge in [0.1, 0.15) is 0 Å². The molecule has 1 heterocycles. The first kappa shape index (κ1) is 15.9. The Morgan fingerprint density at radius 2 is 2.21 bits per heavy atom. The molecule has 0 aliphatic heterocycles. The van der Waals surface area contributed by atoms with Crippen LogP contribution in [0.3, 0.4) is 0 Å². The van der Waals surface area contributed by atoms with E-state index in [2.05, 4.69) is 0 Å². The normalized spacial score (nSPS) is 11.9. The number of halogens is 3. The summed E-state index contributed by atoms with van der Waals surface area (Å²) in [7, 11) is 0. The smallest absolute Gasteiger partial charge is 0.291 e. The molecule has 1 rings (SSSR count). The van der Waals surface area contributed by atoms with Crippen LogP contribution in [0.2, 0.25) is 0 Å². The molecule has 0 fully saturated rings. The average molecular weight is 295 g/mol. The van der Waals surface area contributed by atoms with Gasteiger partial charge in [-0.25, -0.2) is 5.84 Å². The Morgan fingerprint density at radius 1 is 1.53 bits per heavy atom. The number of hydrogen-bond acceptors (Lipinski definition) is 4. The van der Waals surface area contributed by atoms with Crippen LogP contribution >= 0.6 is 11.3 Å². The molecule has 0 radical (unpaired) electrons. The van der Waals surface area contributed by atoms with Gasteiger partial charge in [0.05, 0.1) is 11.4 Å². The Bertz CT molecular complexity index is 420. The predicted octanol–water partition coefficient (Wildman–Crippen LogP) is 2.13. The Hall–Kier alpha value is -1.12. The van der Waals surface area contributed by atoms with Gasteiger partial charge in [0.25, 0.3) is 5.91 Å². The largest absolute Gasteiger partial charge is 0.401 e. The summed E-state index contributed by atoms with van der Waals surface area (Å²) < 4.78 is 37.3. The van der Waals surface area contributed by atoms with Crippen molar-refractivity contribution in [2.24, 2.45) is 5.84 Å². The minimum atomic E-state index is -4.25. The Balaban J connectivity index is 2.79. The molecule has 3 N–H and O–H groups in total. The molecule has 4 nitrogen and oxygen atoms in total. The van der Waals surface area contributed by atoms with E-state index in [1.54, 1.807) is 11.4 Å². The van der Waals surface area contributed by atoms with E-state index in [-0.39, 0.29) is 6.54 Å². The van der Waals surface area contributed by atoms with Crippen molar-refractivity contribution in [3.05, 3.63) is 21.9 Å². The fraction of sp³-hybridized carbons (Fsp3) is 0.545. The quantitative estimate of drug-likeness (QED) is 0.480. The molecule has 8 heteroatoms. The maximum atomic E-state index is 12.4. The van der Waals surface area contributed by atoms with Crippen LogP contribution in [0.5, 0.6) is 0 Å². The zero-order valence-corrected chi connectivity index (χ0v) is 11.3. The van der Waals surface area contributed by atoms with E-state index >= 15 is 0 Å². The number of nitrogens with one attached hydrogen (secondary N) is 1. The number of alkyl halides is 3. The van der Waals surface area contributed by atoms with Crippen LogP contribution in [0.15, 0.2) is 11.4 Å². The fourth-order valence-electron chi connectivity index (χ4n) is 1.75. The van der Waals surface area contributed by atoms with Crippen molar-refractivity contribution in [1.82, 2.24) is 10.3 Å². The second-order valence-electron chi connectivity index (χ2n) is 4.07. The molecule has 0 unspecified atom stereocenters. The van der Waals surface area contributed by atoms with Crippen LogP contribution in [0.25, 0.3) is 0 Å². The second kappa shape index (κ2) is 6.88. The Labute approximate surface area is 113 Å². The summed E-state index contributed by atoms with van der Waals surface area (Å²) in [4.78, 5) is 13.1. The van der Waals surface area contributed by atoms with Gasteiger partial charge >= 0.3 is 6.18 Å². The molecule has 19 heavy (non-hydrogen) atoms. The summed E-state index contributed by atoms with van der Waals surface area (Å²) in [5.41, 5.74) is 2.55. The lowest BCUT2D eigenvalue weighted by molar-refractivity contribution is -0.147. The summed E-state index contributed by atoms with van der Waals surface area (Å²) >= 11 is 1.16. The fourth-order valence-corrected chi connectivity index (χ4v) is 2.57. The highest BCUT2D eigenvalue weighted by atomic mass is 32.1. The van der Waals surface area contributed by atoms with Gasteiger partial charge in [0.15, 0.2) is 0 Å². The van der Waals surface area contributed by atoms with Gasteiger partial charge in [-0.2, -0.15) is 13.2 Å². The number of nitrogens with two attached hydrogens (primary N) is 1. The molecule has 108 valence electrons. The number of carbonyl (C=O) groups is 1. The van der Waals surface area contributed by atoms with E-state index in [1.807, 2.05) is 12.3 Å². The molecule has 0 spiro atoms. The van der Waals surface area contributed by atoms with Crippen LogP contribution in [0.1, 0.15) is 28.6 Å². The number of carbonyl (C=O) groups excluding carboxylic acids is 1. The van der Waals surface area contributed by atoms with Crippen molar-refractivity contribution in [2.75, 3.05) is 13.1 Å². The molecule has 0 saturated heterocycles. The average Bonchev–Trinajstić information content (AvgIpc) is 2.74. The zero-order chi connectivity index (χ0) is 14.5. The lowest BCUT2D eigenvalue weighted by atomic mass is 10.2. The van der Waals surface area contributed by atoms with Crippen LogP contribution in [-0.2, 0) is 6.54 Å². The van der Waals surface area contributed by atoms with Gasteiger partial charge in [-0.3, -0.25) is 15.1 Å². The summed E-state index contributed by atoms with van der Waals surface area (Å²) in [6.45, 7) is 1.23. The molecule has 0 bridgehead atoms. The highest BCUT2D eigenvalue weighted by Gasteiger charge is 2.30. The van der Waals surface area contributed by atoms with Gasteiger partial charge in [-0.1, -0.05) is 6.92 Å². The maximum Gasteiger partial charge on any atom is 0.401 e. The molecule has 1 amide bonds. The van der Waals surface area contributed by atoms with Gasteiger partial charge in [0.2, 0.25) is 0 Å². The molecule has 0 aliphatic carbocycles. The van der Waals surface area contributed by atoms with E-state index in [4.69, 9.17) is 5.84 Å². The summed E-state index contributed by atoms with van der Waals surface area (Å²) in [6, 6.07) is 1.65. The number of nitrogen functional groups attached to an aromatic ring is 1. The van der Waals surface area contributed by atoms with E-state index in [1.165, 1.54) is 4.90 Å². The number of hydrogen-bond donors (Lipinski definition) is 2. The molecule has 1 aromatic rings. The summed E-state index contributed by atoms with van der Waals surface area (Å²) in [5, 5.41) is 1.66. The second-order valence-corrected chi connectivity index (χ2v) is 4.99. The molecule has 0 aliphatic rings. The molecular weight excluding hydrogens is 279 g/mol.